The van der Waals surface area contributed by atoms with Crippen molar-refractivity contribution in [1.82, 2.24) is 34.8 Å². The van der Waals surface area contributed by atoms with Gasteiger partial charge in [0.05, 0.1) is 31.0 Å². The number of aromatic amines is 1. The molecule has 1 aliphatic rings. The van der Waals surface area contributed by atoms with Gasteiger partial charge in [-0.15, -0.1) is 0 Å². The number of amides is 1. The number of aromatic nitrogens is 6. The van der Waals surface area contributed by atoms with E-state index in [1.54, 1.807) is 47.5 Å². The Labute approximate surface area is 197 Å². The van der Waals surface area contributed by atoms with Crippen LogP contribution in [0, 0.1) is 0 Å². The summed E-state index contributed by atoms with van der Waals surface area (Å²) in [6.07, 6.45) is 6.81. The molecule has 11 heteroatoms. The van der Waals surface area contributed by atoms with Gasteiger partial charge in [-0.1, -0.05) is 12.1 Å². The van der Waals surface area contributed by atoms with Gasteiger partial charge in [0.2, 0.25) is 0 Å². The molecule has 35 heavy (non-hydrogen) atoms. The molecule has 1 fully saturated rings. The van der Waals surface area contributed by atoms with Crippen LogP contribution in [0.3, 0.4) is 0 Å². The first-order chi connectivity index (χ1) is 16.9. The number of nitrogens with one attached hydrogen (secondary N) is 2. The number of nitrogens with zero attached hydrogens (tertiary/aromatic N) is 6. The van der Waals surface area contributed by atoms with Gasteiger partial charge in [-0.2, -0.15) is 19.9 Å². The average molecular weight is 472 g/mol. The summed E-state index contributed by atoms with van der Waals surface area (Å²) >= 11 is 0. The minimum atomic E-state index is -2.80. The fraction of sp³-hybridized carbons (Fsp3) is 0.125. The lowest BCUT2D eigenvalue weighted by Gasteiger charge is -2.38. The van der Waals surface area contributed by atoms with Crippen LogP contribution in [0.5, 0.6) is 0 Å². The second-order valence-electron chi connectivity index (χ2n) is 8.28. The topological polar surface area (TPSA) is 105 Å². The van der Waals surface area contributed by atoms with Crippen molar-refractivity contribution in [3.63, 3.8) is 0 Å². The summed E-state index contributed by atoms with van der Waals surface area (Å²) in [4.78, 5) is 22.5. The summed E-state index contributed by atoms with van der Waals surface area (Å²) in [5.41, 5.74) is 3.92. The number of hydrogen-bond donors (Lipinski definition) is 2. The van der Waals surface area contributed by atoms with Crippen LogP contribution in [0.25, 0.3) is 28.0 Å². The van der Waals surface area contributed by atoms with Crippen molar-refractivity contribution in [2.45, 2.75) is 5.92 Å². The minimum Gasteiger partial charge on any atom is -0.340 e. The van der Waals surface area contributed by atoms with Crippen molar-refractivity contribution in [3.8, 4) is 17.1 Å². The number of rotatable bonds is 5. The first-order valence-corrected chi connectivity index (χ1v) is 10.8. The number of hydrogen-bond acceptors (Lipinski definition) is 6. The zero-order valence-corrected chi connectivity index (χ0v) is 18.2. The first kappa shape index (κ1) is 20.9. The first-order valence-electron chi connectivity index (χ1n) is 10.8. The lowest BCUT2D eigenvalue weighted by Crippen LogP contribution is -2.58. The monoisotopic (exact) mass is 472 g/mol. The smallest absolute Gasteiger partial charge is 0.282 e. The summed E-state index contributed by atoms with van der Waals surface area (Å²) in [5.74, 6) is -2.29. The number of benzene rings is 2. The van der Waals surface area contributed by atoms with Crippen molar-refractivity contribution in [2.75, 3.05) is 18.4 Å². The van der Waals surface area contributed by atoms with Crippen LogP contribution >= 0.6 is 0 Å². The van der Waals surface area contributed by atoms with E-state index in [1.807, 2.05) is 30.5 Å². The number of fused-ring (bicyclic) bond motifs is 1. The van der Waals surface area contributed by atoms with E-state index < -0.39 is 24.9 Å². The Kier molecular flexibility index (Phi) is 4.76. The molecule has 174 valence electrons. The molecule has 0 bridgehead atoms. The summed E-state index contributed by atoms with van der Waals surface area (Å²) in [6.45, 7) is -1.11. The van der Waals surface area contributed by atoms with Gasteiger partial charge in [0.15, 0.2) is 0 Å². The van der Waals surface area contributed by atoms with E-state index in [2.05, 4.69) is 30.6 Å². The molecule has 1 saturated heterocycles. The van der Waals surface area contributed by atoms with E-state index in [9.17, 15) is 13.6 Å². The van der Waals surface area contributed by atoms with Gasteiger partial charge in [0.1, 0.15) is 5.82 Å². The molecule has 1 aliphatic heterocycles. The van der Waals surface area contributed by atoms with Crippen molar-refractivity contribution in [2.24, 2.45) is 0 Å². The summed E-state index contributed by atoms with van der Waals surface area (Å²) in [5, 5.41) is 15.1. The summed E-state index contributed by atoms with van der Waals surface area (Å²) < 4.78 is 27.8. The number of likely N-dealkylation sites (tertiary alicyclic amines) is 1. The van der Waals surface area contributed by atoms with Crippen LogP contribution in [0.15, 0.2) is 73.3 Å². The largest absolute Gasteiger partial charge is 0.340 e. The zero-order valence-electron chi connectivity index (χ0n) is 18.2. The maximum absolute atomic E-state index is 13.1. The van der Waals surface area contributed by atoms with Crippen molar-refractivity contribution < 1.29 is 13.6 Å². The van der Waals surface area contributed by atoms with E-state index in [4.69, 9.17) is 0 Å². The molecular weight excluding hydrogens is 454 g/mol. The Morgan fingerprint density at radius 2 is 1.86 bits per heavy atom. The highest BCUT2D eigenvalue weighted by Crippen LogP contribution is 2.29. The lowest BCUT2D eigenvalue weighted by atomic mass is 10.1. The van der Waals surface area contributed by atoms with Crippen LogP contribution in [-0.2, 0) is 0 Å². The van der Waals surface area contributed by atoms with Crippen LogP contribution in [0.2, 0.25) is 0 Å². The lowest BCUT2D eigenvalue weighted by molar-refractivity contribution is -0.113. The predicted octanol–water partition coefficient (Wildman–Crippen LogP) is 4.04. The molecule has 0 saturated carbocycles. The molecule has 0 unspecified atom stereocenters. The SMILES string of the molecule is O=C(c1ccc2c(cnn2-c2nccc(Nc3ccc(-c4cn[nH]c4)cc3)n2)c1)N1CC(F)(F)C1. The number of carbonyl (C=O) groups excluding carboxylic acids is 1. The Morgan fingerprint density at radius 1 is 1.03 bits per heavy atom. The molecule has 3 aromatic heterocycles. The fourth-order valence-electron chi connectivity index (χ4n) is 3.99. The number of alkyl halides is 2. The minimum absolute atomic E-state index is 0.336. The highest BCUT2D eigenvalue weighted by molar-refractivity contribution is 5.98. The molecule has 9 nitrogen and oxygen atoms in total. The molecule has 6 rings (SSSR count). The molecule has 2 aromatic carbocycles. The van der Waals surface area contributed by atoms with Crippen LogP contribution in [0.1, 0.15) is 10.4 Å². The molecule has 0 atom stereocenters. The van der Waals surface area contributed by atoms with Crippen molar-refractivity contribution in [1.29, 1.82) is 0 Å². The van der Waals surface area contributed by atoms with Gasteiger partial charge in [-0.3, -0.25) is 9.89 Å². The van der Waals surface area contributed by atoms with E-state index >= 15 is 0 Å². The second-order valence-corrected chi connectivity index (χ2v) is 8.28. The van der Waals surface area contributed by atoms with Gasteiger partial charge < -0.3 is 10.2 Å². The normalized spacial score (nSPS) is 14.6. The van der Waals surface area contributed by atoms with Gasteiger partial charge in [0, 0.05) is 34.6 Å². The predicted molar refractivity (Wildman–Crippen MR) is 125 cm³/mol. The van der Waals surface area contributed by atoms with Gasteiger partial charge in [-0.05, 0) is 42.0 Å². The highest BCUT2D eigenvalue weighted by Gasteiger charge is 2.46. The third-order valence-corrected chi connectivity index (χ3v) is 5.77. The Bertz CT molecular complexity index is 1520. The molecule has 5 aromatic rings. The second kappa shape index (κ2) is 7.97. The fourth-order valence-corrected chi connectivity index (χ4v) is 3.99. The maximum Gasteiger partial charge on any atom is 0.282 e. The molecule has 0 spiro atoms. The third-order valence-electron chi connectivity index (χ3n) is 5.77. The number of anilines is 2. The molecule has 0 aliphatic carbocycles. The Morgan fingerprint density at radius 3 is 2.60 bits per heavy atom. The van der Waals surface area contributed by atoms with E-state index in [0.29, 0.717) is 28.2 Å². The Hall–Kier alpha value is -4.67. The number of carbonyl (C=O) groups is 1. The van der Waals surface area contributed by atoms with E-state index in [0.717, 1.165) is 21.7 Å². The third kappa shape index (κ3) is 3.97. The summed E-state index contributed by atoms with van der Waals surface area (Å²) in [7, 11) is 0. The van der Waals surface area contributed by atoms with Gasteiger partial charge >= 0.3 is 0 Å². The molecule has 1 amide bonds. The highest BCUT2D eigenvalue weighted by atomic mass is 19.3. The Balaban J connectivity index is 1.22. The van der Waals surface area contributed by atoms with Crippen LogP contribution in [0.4, 0.5) is 20.3 Å². The van der Waals surface area contributed by atoms with Crippen LogP contribution < -0.4 is 5.32 Å². The van der Waals surface area contributed by atoms with Crippen LogP contribution in [-0.4, -0.2) is 59.8 Å². The maximum atomic E-state index is 13.1. The van der Waals surface area contributed by atoms with Gasteiger partial charge in [-0.25, -0.2) is 13.8 Å². The molecular formula is C24H18F2N8O. The number of halogens is 2. The average Bonchev–Trinajstić information content (AvgIpc) is 3.53. The molecule has 0 radical (unpaired) electrons. The van der Waals surface area contributed by atoms with E-state index in [-0.39, 0.29) is 0 Å². The molecule has 4 heterocycles. The van der Waals surface area contributed by atoms with Gasteiger partial charge in [0.25, 0.3) is 17.8 Å². The van der Waals surface area contributed by atoms with E-state index in [1.165, 1.54) is 0 Å². The summed E-state index contributed by atoms with van der Waals surface area (Å²) in [6, 6.07) is 14.6. The zero-order chi connectivity index (χ0) is 24.0. The quantitative estimate of drug-likeness (QED) is 0.400. The molecule has 2 N–H and O–H groups in total. The van der Waals surface area contributed by atoms with Crippen molar-refractivity contribution >= 4 is 28.3 Å². The van der Waals surface area contributed by atoms with Crippen molar-refractivity contribution in [3.05, 3.63) is 78.9 Å². The standard InChI is InChI=1S/C24H18F2N8O/c25-24(26)13-33(14-24)22(35)16-3-6-20-17(9-16)12-30-34(20)23-27-8-7-21(32-23)31-19-4-1-15(2-5-19)18-10-28-29-11-18/h1-12H,13-14H2,(H,28,29)(H,27,31,32). The number of H-pyrrole nitrogens is 1.